The van der Waals surface area contributed by atoms with Gasteiger partial charge in [0.1, 0.15) is 5.69 Å². The van der Waals surface area contributed by atoms with Gasteiger partial charge in [-0.25, -0.2) is 0 Å². The number of carbonyl (C=O) groups excluding carboxylic acids is 2. The topological polar surface area (TPSA) is 71.1 Å². The summed E-state index contributed by atoms with van der Waals surface area (Å²) in [6.07, 6.45) is 1.55. The largest absolute Gasteiger partial charge is 0.355 e. The second-order valence-electron chi connectivity index (χ2n) is 5.65. The van der Waals surface area contributed by atoms with Gasteiger partial charge in [-0.2, -0.15) is 0 Å². The van der Waals surface area contributed by atoms with Crippen LogP contribution < -0.4 is 10.6 Å². The van der Waals surface area contributed by atoms with Gasteiger partial charge in [-0.05, 0) is 55.5 Å². The number of amides is 1. The fourth-order valence-corrected chi connectivity index (χ4v) is 2.47. The molecule has 0 bridgehead atoms. The number of hydrogen-bond donors (Lipinski definition) is 2. The van der Waals surface area contributed by atoms with E-state index in [0.717, 1.165) is 5.69 Å². The molecule has 0 fully saturated rings. The molecule has 2 N–H and O–H groups in total. The predicted molar refractivity (Wildman–Crippen MR) is 103 cm³/mol. The fourth-order valence-electron chi connectivity index (χ4n) is 2.34. The minimum absolute atomic E-state index is 0.00795. The van der Waals surface area contributed by atoms with Crippen LogP contribution in [0.4, 0.5) is 17.1 Å². The Kier molecular flexibility index (Phi) is 5.29. The quantitative estimate of drug-likeness (QED) is 0.628. The zero-order valence-electron chi connectivity index (χ0n) is 14.0. The van der Waals surface area contributed by atoms with Crippen molar-refractivity contribution in [3.63, 3.8) is 0 Å². The molecule has 1 heterocycles. The molecule has 26 heavy (non-hydrogen) atoms. The highest BCUT2D eigenvalue weighted by atomic mass is 35.5. The van der Waals surface area contributed by atoms with Crippen molar-refractivity contribution in [1.82, 2.24) is 4.98 Å². The second-order valence-corrected chi connectivity index (χ2v) is 6.09. The number of aromatic nitrogens is 1. The SMILES string of the molecule is CC(=O)c1cccc(Nc2ccnc(C(=O)Nc3ccc(Cl)cc3)c2)c1. The molecule has 0 aliphatic rings. The van der Waals surface area contributed by atoms with E-state index in [0.29, 0.717) is 22.0 Å². The van der Waals surface area contributed by atoms with Crippen molar-refractivity contribution in [3.05, 3.63) is 83.1 Å². The first-order valence-electron chi connectivity index (χ1n) is 7.92. The third-order valence-electron chi connectivity index (χ3n) is 3.65. The summed E-state index contributed by atoms with van der Waals surface area (Å²) in [5.41, 5.74) is 2.97. The second kappa shape index (κ2) is 7.80. The molecule has 0 unspecified atom stereocenters. The van der Waals surface area contributed by atoms with Gasteiger partial charge in [0.15, 0.2) is 5.78 Å². The number of pyridine rings is 1. The van der Waals surface area contributed by atoms with Gasteiger partial charge in [0.25, 0.3) is 5.91 Å². The number of carbonyl (C=O) groups is 2. The highest BCUT2D eigenvalue weighted by molar-refractivity contribution is 6.30. The van der Waals surface area contributed by atoms with Crippen LogP contribution in [-0.4, -0.2) is 16.7 Å². The Labute approximate surface area is 156 Å². The number of hydrogen-bond acceptors (Lipinski definition) is 4. The molecule has 0 atom stereocenters. The number of nitrogens with one attached hydrogen (secondary N) is 2. The van der Waals surface area contributed by atoms with Crippen LogP contribution >= 0.6 is 11.6 Å². The van der Waals surface area contributed by atoms with Gasteiger partial charge >= 0.3 is 0 Å². The van der Waals surface area contributed by atoms with Crippen LogP contribution in [0.2, 0.25) is 5.02 Å². The number of anilines is 3. The Bertz CT molecular complexity index is 955. The summed E-state index contributed by atoms with van der Waals surface area (Å²) in [6, 6.07) is 17.4. The molecular formula is C20H16ClN3O2. The van der Waals surface area contributed by atoms with E-state index in [1.165, 1.54) is 6.92 Å². The van der Waals surface area contributed by atoms with Crippen molar-refractivity contribution in [3.8, 4) is 0 Å². The summed E-state index contributed by atoms with van der Waals surface area (Å²) in [5, 5.41) is 6.54. The van der Waals surface area contributed by atoms with E-state index in [4.69, 9.17) is 11.6 Å². The monoisotopic (exact) mass is 365 g/mol. The van der Waals surface area contributed by atoms with E-state index in [1.54, 1.807) is 60.8 Å². The van der Waals surface area contributed by atoms with E-state index < -0.39 is 0 Å². The van der Waals surface area contributed by atoms with Crippen LogP contribution in [0.25, 0.3) is 0 Å². The third kappa shape index (κ3) is 4.46. The molecule has 0 saturated heterocycles. The number of nitrogens with zero attached hydrogens (tertiary/aromatic N) is 1. The third-order valence-corrected chi connectivity index (χ3v) is 3.90. The van der Waals surface area contributed by atoms with Crippen molar-refractivity contribution in [2.75, 3.05) is 10.6 Å². The number of benzene rings is 2. The first kappa shape index (κ1) is 17.6. The zero-order valence-corrected chi connectivity index (χ0v) is 14.7. The Balaban J connectivity index is 1.75. The molecule has 6 heteroatoms. The molecule has 0 radical (unpaired) electrons. The summed E-state index contributed by atoms with van der Waals surface area (Å²) in [6.45, 7) is 1.52. The molecule has 0 spiro atoms. The van der Waals surface area contributed by atoms with Crippen molar-refractivity contribution in [2.24, 2.45) is 0 Å². The smallest absolute Gasteiger partial charge is 0.274 e. The lowest BCUT2D eigenvalue weighted by Gasteiger charge is -2.09. The lowest BCUT2D eigenvalue weighted by atomic mass is 10.1. The van der Waals surface area contributed by atoms with E-state index in [9.17, 15) is 9.59 Å². The molecule has 0 aliphatic carbocycles. The van der Waals surface area contributed by atoms with Gasteiger partial charge in [-0.3, -0.25) is 14.6 Å². The van der Waals surface area contributed by atoms with Crippen molar-refractivity contribution in [2.45, 2.75) is 6.92 Å². The maximum Gasteiger partial charge on any atom is 0.274 e. The Morgan fingerprint density at radius 2 is 1.65 bits per heavy atom. The van der Waals surface area contributed by atoms with Crippen LogP contribution in [0, 0.1) is 0 Å². The van der Waals surface area contributed by atoms with Gasteiger partial charge in [0.05, 0.1) is 0 Å². The first-order valence-corrected chi connectivity index (χ1v) is 8.30. The van der Waals surface area contributed by atoms with Crippen LogP contribution in [0.1, 0.15) is 27.8 Å². The van der Waals surface area contributed by atoms with Gasteiger partial charge in [-0.15, -0.1) is 0 Å². The Morgan fingerprint density at radius 1 is 0.923 bits per heavy atom. The Hall–Kier alpha value is -3.18. The highest BCUT2D eigenvalue weighted by Crippen LogP contribution is 2.19. The molecular weight excluding hydrogens is 350 g/mol. The van der Waals surface area contributed by atoms with E-state index in [2.05, 4.69) is 15.6 Å². The van der Waals surface area contributed by atoms with E-state index >= 15 is 0 Å². The number of ketones is 1. The first-order chi connectivity index (χ1) is 12.5. The van der Waals surface area contributed by atoms with Gasteiger partial charge in [0.2, 0.25) is 0 Å². The summed E-state index contributed by atoms with van der Waals surface area (Å²) in [4.78, 5) is 28.0. The predicted octanol–water partition coefficient (Wildman–Crippen LogP) is 4.93. The zero-order chi connectivity index (χ0) is 18.5. The Morgan fingerprint density at radius 3 is 2.38 bits per heavy atom. The molecule has 0 aliphatic heterocycles. The van der Waals surface area contributed by atoms with Crippen LogP contribution in [-0.2, 0) is 0 Å². The molecule has 2 aromatic carbocycles. The molecule has 1 aromatic heterocycles. The fraction of sp³-hybridized carbons (Fsp3) is 0.0500. The standard InChI is InChI=1S/C20H16ClN3O2/c1-13(25)14-3-2-4-17(11-14)23-18-9-10-22-19(12-18)20(26)24-16-7-5-15(21)6-8-16/h2-12H,1H3,(H,22,23)(H,24,26). The molecule has 3 rings (SSSR count). The van der Waals surface area contributed by atoms with Crippen LogP contribution in [0.15, 0.2) is 66.9 Å². The van der Waals surface area contributed by atoms with Crippen LogP contribution in [0.3, 0.4) is 0 Å². The van der Waals surface area contributed by atoms with Crippen LogP contribution in [0.5, 0.6) is 0 Å². The number of rotatable bonds is 5. The van der Waals surface area contributed by atoms with E-state index in [-0.39, 0.29) is 17.4 Å². The summed E-state index contributed by atoms with van der Waals surface area (Å²) in [5.74, 6) is -0.333. The molecule has 5 nitrogen and oxygen atoms in total. The number of halogens is 1. The molecule has 0 saturated carbocycles. The average Bonchev–Trinajstić information content (AvgIpc) is 2.64. The minimum Gasteiger partial charge on any atom is -0.355 e. The lowest BCUT2D eigenvalue weighted by Crippen LogP contribution is -2.13. The van der Waals surface area contributed by atoms with Gasteiger partial charge in [0, 0.05) is 33.8 Å². The summed E-state index contributed by atoms with van der Waals surface area (Å²) < 4.78 is 0. The van der Waals surface area contributed by atoms with E-state index in [1.807, 2.05) is 6.07 Å². The minimum atomic E-state index is -0.326. The molecule has 130 valence electrons. The summed E-state index contributed by atoms with van der Waals surface area (Å²) >= 11 is 5.84. The molecule has 1 amide bonds. The van der Waals surface area contributed by atoms with Crippen molar-refractivity contribution >= 4 is 40.4 Å². The van der Waals surface area contributed by atoms with Gasteiger partial charge in [-0.1, -0.05) is 23.7 Å². The van der Waals surface area contributed by atoms with Crippen molar-refractivity contribution in [1.29, 1.82) is 0 Å². The maximum absolute atomic E-state index is 12.4. The van der Waals surface area contributed by atoms with Gasteiger partial charge < -0.3 is 10.6 Å². The molecule has 3 aromatic rings. The average molecular weight is 366 g/mol. The summed E-state index contributed by atoms with van der Waals surface area (Å²) in [7, 11) is 0. The normalized spacial score (nSPS) is 10.2. The van der Waals surface area contributed by atoms with Crippen molar-refractivity contribution < 1.29 is 9.59 Å². The maximum atomic E-state index is 12.4. The number of Topliss-reactive ketones (excluding diaryl/α,β-unsaturated/α-hetero) is 1. The lowest BCUT2D eigenvalue weighted by molar-refractivity contribution is 0.101. The highest BCUT2D eigenvalue weighted by Gasteiger charge is 2.09.